The molecule has 0 unspecified atom stereocenters. The van der Waals surface area contributed by atoms with E-state index in [4.69, 9.17) is 0 Å². The largest absolute Gasteiger partial charge is 0.573 e. The summed E-state index contributed by atoms with van der Waals surface area (Å²) in [5.74, 6) is -0.271. The molecular formula is C21H19F6N3O. The van der Waals surface area contributed by atoms with Gasteiger partial charge in [0.05, 0.1) is 11.1 Å². The van der Waals surface area contributed by atoms with Gasteiger partial charge in [-0.2, -0.15) is 13.2 Å². The number of fused-ring (bicyclic) bond motifs is 1. The molecule has 0 atom stereocenters. The van der Waals surface area contributed by atoms with E-state index in [2.05, 4.69) is 20.4 Å². The summed E-state index contributed by atoms with van der Waals surface area (Å²) in [5.41, 5.74) is 1.02. The summed E-state index contributed by atoms with van der Waals surface area (Å²) in [6, 6.07) is 10.8. The van der Waals surface area contributed by atoms with Crippen LogP contribution in [0.25, 0.3) is 10.9 Å². The van der Waals surface area contributed by atoms with Gasteiger partial charge in [-0.1, -0.05) is 18.2 Å². The van der Waals surface area contributed by atoms with Crippen molar-refractivity contribution in [3.05, 3.63) is 65.9 Å². The average Bonchev–Trinajstić information content (AvgIpc) is 2.69. The Hall–Kier alpha value is -3.01. The van der Waals surface area contributed by atoms with Gasteiger partial charge >= 0.3 is 12.5 Å². The van der Waals surface area contributed by atoms with E-state index < -0.39 is 18.1 Å². The van der Waals surface area contributed by atoms with Gasteiger partial charge in [-0.05, 0) is 48.9 Å². The minimum absolute atomic E-state index is 0.260. The molecule has 1 aromatic heterocycles. The summed E-state index contributed by atoms with van der Waals surface area (Å²) in [7, 11) is 0. The molecule has 0 aliphatic rings. The average molecular weight is 443 g/mol. The molecule has 0 aliphatic carbocycles. The van der Waals surface area contributed by atoms with Gasteiger partial charge in [0, 0.05) is 30.4 Å². The number of hydrogen-bond donors (Lipinski definition) is 2. The standard InChI is InChI=1S/C21H19F6N3O/c22-20(23,24)15-4-7-17-18(8-11-30-19(17)12-15)29-10-1-9-28-13-14-2-5-16(6-3-14)31-21(25,26)27/h2-8,11-12,28H,1,9-10,13H2,(H,29,30). The molecule has 0 aliphatic heterocycles. The fraction of sp³-hybridized carbons (Fsp3) is 0.286. The third-order valence-electron chi connectivity index (χ3n) is 4.40. The molecule has 2 N–H and O–H groups in total. The van der Waals surface area contributed by atoms with Gasteiger partial charge in [-0.25, -0.2) is 0 Å². The van der Waals surface area contributed by atoms with E-state index in [9.17, 15) is 26.3 Å². The lowest BCUT2D eigenvalue weighted by Crippen LogP contribution is -2.18. The number of hydrogen-bond acceptors (Lipinski definition) is 4. The zero-order valence-electron chi connectivity index (χ0n) is 16.1. The first-order chi connectivity index (χ1) is 14.6. The zero-order valence-corrected chi connectivity index (χ0v) is 16.1. The van der Waals surface area contributed by atoms with Crippen molar-refractivity contribution in [2.75, 3.05) is 18.4 Å². The van der Waals surface area contributed by atoms with E-state index in [0.29, 0.717) is 30.7 Å². The van der Waals surface area contributed by atoms with Gasteiger partial charge in [0.1, 0.15) is 5.75 Å². The Bertz CT molecular complexity index is 1000. The van der Waals surface area contributed by atoms with Crippen molar-refractivity contribution >= 4 is 16.6 Å². The number of benzene rings is 2. The smallest absolute Gasteiger partial charge is 0.406 e. The second-order valence-electron chi connectivity index (χ2n) is 6.74. The molecule has 3 aromatic rings. The van der Waals surface area contributed by atoms with Crippen LogP contribution in [0.1, 0.15) is 17.5 Å². The molecule has 0 radical (unpaired) electrons. The van der Waals surface area contributed by atoms with Gasteiger partial charge in [0.15, 0.2) is 0 Å². The number of anilines is 1. The van der Waals surface area contributed by atoms with Crippen molar-refractivity contribution in [2.45, 2.75) is 25.5 Å². The summed E-state index contributed by atoms with van der Waals surface area (Å²) < 4.78 is 78.8. The summed E-state index contributed by atoms with van der Waals surface area (Å²) in [6.45, 7) is 1.69. The fourth-order valence-corrected chi connectivity index (χ4v) is 2.96. The van der Waals surface area contributed by atoms with E-state index in [1.165, 1.54) is 24.4 Å². The molecule has 4 nitrogen and oxygen atoms in total. The molecule has 31 heavy (non-hydrogen) atoms. The fourth-order valence-electron chi connectivity index (χ4n) is 2.96. The van der Waals surface area contributed by atoms with Crippen molar-refractivity contribution in [1.29, 1.82) is 0 Å². The first-order valence-electron chi connectivity index (χ1n) is 9.37. The predicted octanol–water partition coefficient (Wildman–Crippen LogP) is 5.74. The Balaban J connectivity index is 1.44. The second kappa shape index (κ2) is 9.42. The summed E-state index contributed by atoms with van der Waals surface area (Å²) in [5, 5.41) is 6.97. The van der Waals surface area contributed by atoms with Crippen LogP contribution in [0.3, 0.4) is 0 Å². The number of alkyl halides is 6. The minimum atomic E-state index is -4.71. The second-order valence-corrected chi connectivity index (χ2v) is 6.74. The number of ether oxygens (including phenoxy) is 1. The summed E-state index contributed by atoms with van der Waals surface area (Å²) in [4.78, 5) is 4.01. The van der Waals surface area contributed by atoms with Crippen LogP contribution in [-0.4, -0.2) is 24.4 Å². The SMILES string of the molecule is FC(F)(F)Oc1ccc(CNCCCNc2ccnc3cc(C(F)(F)F)ccc23)cc1. The molecule has 0 amide bonds. The van der Waals surface area contributed by atoms with Crippen LogP contribution in [0.15, 0.2) is 54.7 Å². The highest BCUT2D eigenvalue weighted by molar-refractivity contribution is 5.91. The molecule has 10 heteroatoms. The van der Waals surface area contributed by atoms with E-state index in [1.807, 2.05) is 0 Å². The normalized spacial score (nSPS) is 12.2. The molecule has 0 saturated heterocycles. The van der Waals surface area contributed by atoms with Crippen molar-refractivity contribution in [1.82, 2.24) is 10.3 Å². The van der Waals surface area contributed by atoms with E-state index in [1.54, 1.807) is 18.2 Å². The van der Waals surface area contributed by atoms with Crippen LogP contribution in [0.4, 0.5) is 32.0 Å². The van der Waals surface area contributed by atoms with Crippen molar-refractivity contribution < 1.29 is 31.1 Å². The summed E-state index contributed by atoms with van der Waals surface area (Å²) in [6.07, 6.45) is -6.96. The molecule has 1 heterocycles. The Labute approximate surface area is 174 Å². The number of aromatic nitrogens is 1. The lowest BCUT2D eigenvalue weighted by molar-refractivity contribution is -0.274. The Morgan fingerprint density at radius 2 is 1.61 bits per heavy atom. The van der Waals surface area contributed by atoms with Crippen LogP contribution >= 0.6 is 0 Å². The molecule has 166 valence electrons. The molecule has 0 bridgehead atoms. The van der Waals surface area contributed by atoms with Crippen molar-refractivity contribution in [3.8, 4) is 5.75 Å². The van der Waals surface area contributed by atoms with E-state index in [-0.39, 0.29) is 11.3 Å². The molecular weight excluding hydrogens is 424 g/mol. The molecule has 0 spiro atoms. The molecule has 0 fully saturated rings. The maximum atomic E-state index is 12.8. The van der Waals surface area contributed by atoms with Crippen LogP contribution in [0.5, 0.6) is 5.75 Å². The van der Waals surface area contributed by atoms with Gasteiger partial charge in [-0.15, -0.1) is 13.2 Å². The monoisotopic (exact) mass is 443 g/mol. The number of rotatable bonds is 8. The lowest BCUT2D eigenvalue weighted by atomic mass is 10.1. The minimum Gasteiger partial charge on any atom is -0.406 e. The Morgan fingerprint density at radius 1 is 0.871 bits per heavy atom. The maximum Gasteiger partial charge on any atom is 0.573 e. The summed E-state index contributed by atoms with van der Waals surface area (Å²) >= 11 is 0. The van der Waals surface area contributed by atoms with Gasteiger partial charge in [0.25, 0.3) is 0 Å². The first kappa shape index (κ1) is 22.7. The topological polar surface area (TPSA) is 46.2 Å². The highest BCUT2D eigenvalue weighted by Crippen LogP contribution is 2.32. The van der Waals surface area contributed by atoms with Crippen LogP contribution in [-0.2, 0) is 12.7 Å². The molecule has 0 saturated carbocycles. The lowest BCUT2D eigenvalue weighted by Gasteiger charge is -2.12. The quantitative estimate of drug-likeness (QED) is 0.344. The van der Waals surface area contributed by atoms with Gasteiger partial charge in [-0.3, -0.25) is 4.98 Å². The van der Waals surface area contributed by atoms with Gasteiger partial charge in [0.2, 0.25) is 0 Å². The number of halogens is 6. The highest BCUT2D eigenvalue weighted by atomic mass is 19.4. The van der Waals surface area contributed by atoms with Crippen LogP contribution < -0.4 is 15.4 Å². The van der Waals surface area contributed by atoms with Crippen molar-refractivity contribution in [2.24, 2.45) is 0 Å². The third kappa shape index (κ3) is 6.74. The van der Waals surface area contributed by atoms with Crippen LogP contribution in [0.2, 0.25) is 0 Å². The molecule has 2 aromatic carbocycles. The van der Waals surface area contributed by atoms with E-state index >= 15 is 0 Å². The zero-order chi connectivity index (χ0) is 22.5. The Morgan fingerprint density at radius 3 is 2.29 bits per heavy atom. The number of nitrogens with one attached hydrogen (secondary N) is 2. The van der Waals surface area contributed by atoms with Gasteiger partial charge < -0.3 is 15.4 Å². The van der Waals surface area contributed by atoms with E-state index in [0.717, 1.165) is 24.1 Å². The number of pyridine rings is 1. The highest BCUT2D eigenvalue weighted by Gasteiger charge is 2.31. The predicted molar refractivity (Wildman–Crippen MR) is 105 cm³/mol. The molecule has 3 rings (SSSR count). The third-order valence-corrected chi connectivity index (χ3v) is 4.40. The van der Waals surface area contributed by atoms with Crippen LogP contribution in [0, 0.1) is 0 Å². The number of nitrogens with zero attached hydrogens (tertiary/aromatic N) is 1. The Kier molecular flexibility index (Phi) is 6.89. The van der Waals surface area contributed by atoms with Crippen molar-refractivity contribution in [3.63, 3.8) is 0 Å². The first-order valence-corrected chi connectivity index (χ1v) is 9.37. The maximum absolute atomic E-state index is 12.8.